The van der Waals surface area contributed by atoms with E-state index in [2.05, 4.69) is 0 Å². The van der Waals surface area contributed by atoms with Crippen molar-refractivity contribution in [3.63, 3.8) is 0 Å². The van der Waals surface area contributed by atoms with Gasteiger partial charge in [-0.05, 0) is 6.07 Å². The molecule has 0 aliphatic rings. The molecule has 4 heteroatoms. The molecule has 1 heterocycles. The summed E-state index contributed by atoms with van der Waals surface area (Å²) in [5.41, 5.74) is 0.738. The van der Waals surface area contributed by atoms with Gasteiger partial charge in [-0.15, -0.1) is 12.1 Å². The summed E-state index contributed by atoms with van der Waals surface area (Å²) >= 11 is 0. The molecule has 0 N–H and O–H groups in total. The first-order valence-corrected chi connectivity index (χ1v) is 3.11. The molecule has 0 saturated carbocycles. The van der Waals surface area contributed by atoms with E-state index in [0.717, 1.165) is 15.6 Å². The second-order valence-corrected chi connectivity index (χ2v) is 2.20. The number of hydrogen-bond donors (Lipinski definition) is 0. The number of aromatic nitrogens is 1. The monoisotopic (exact) mass is 302 g/mol. The molecule has 0 radical (unpaired) electrons. The number of para-hydroxylation sites is 1. The van der Waals surface area contributed by atoms with Gasteiger partial charge in [-0.3, -0.25) is 0 Å². The van der Waals surface area contributed by atoms with Gasteiger partial charge in [0.2, 0.25) is 0 Å². The van der Waals surface area contributed by atoms with Gasteiger partial charge >= 0.3 is 116 Å². The van der Waals surface area contributed by atoms with Gasteiger partial charge in [0, 0.05) is 11.7 Å². The van der Waals surface area contributed by atoms with E-state index in [4.69, 9.17) is 0 Å². The molecule has 1 aromatic heterocycles. The minimum absolute atomic E-state index is 0. The van der Waals surface area contributed by atoms with Crippen molar-refractivity contribution in [1.82, 2.24) is 4.73 Å². The van der Waals surface area contributed by atoms with Gasteiger partial charge in [0.25, 0.3) is 0 Å². The van der Waals surface area contributed by atoms with Crippen LogP contribution in [0.3, 0.4) is 0 Å². The summed E-state index contributed by atoms with van der Waals surface area (Å²) in [7, 11) is 0. The van der Waals surface area contributed by atoms with Crippen LogP contribution in [-0.2, 0) is 0 Å². The fourth-order valence-corrected chi connectivity index (χ4v) is 1.06. The Hall–Kier alpha value is 2.17. The average molecular weight is 303 g/mol. The van der Waals surface area contributed by atoms with Crippen LogP contribution in [0.15, 0.2) is 36.5 Å². The van der Waals surface area contributed by atoms with Crippen molar-refractivity contribution < 1.29 is 116 Å². The summed E-state index contributed by atoms with van der Waals surface area (Å²) in [4.78, 5) is 0. The van der Waals surface area contributed by atoms with Crippen LogP contribution in [0.4, 0.5) is 0 Å². The zero-order chi connectivity index (χ0) is 6.97. The van der Waals surface area contributed by atoms with Gasteiger partial charge in [-0.25, -0.2) is 0 Å². The SMILES string of the molecule is [O-]n1[cH+][cH-]c2ccccc21.[Rb+].[Rb+]. The van der Waals surface area contributed by atoms with Gasteiger partial charge in [0.1, 0.15) is 0 Å². The van der Waals surface area contributed by atoms with E-state index in [0.29, 0.717) is 0 Å². The first-order valence-electron chi connectivity index (χ1n) is 3.11. The van der Waals surface area contributed by atoms with Gasteiger partial charge in [-0.1, -0.05) is 17.5 Å². The molecule has 0 aliphatic carbocycles. The minimum Gasteiger partial charge on any atom is -0.805 e. The molecule has 1 aromatic carbocycles. The summed E-state index contributed by atoms with van der Waals surface area (Å²) in [6.45, 7) is 0. The molecular formula is C8H6NORb2+. The third kappa shape index (κ3) is 3.09. The predicted molar refractivity (Wildman–Crippen MR) is 40.7 cm³/mol. The number of benzene rings is 1. The van der Waals surface area contributed by atoms with Crippen LogP contribution < -0.4 is 116 Å². The number of rotatable bonds is 0. The standard InChI is InChI=1S/C8H6NO.2Rb/c10-9-6-5-7-3-1-2-4-8(7)9;;/h1-6H;;/q-1;2*+1. The third-order valence-electron chi connectivity index (χ3n) is 1.56. The van der Waals surface area contributed by atoms with E-state index in [-0.39, 0.29) is 116 Å². The van der Waals surface area contributed by atoms with Gasteiger partial charge in [-0.2, -0.15) is 0 Å². The van der Waals surface area contributed by atoms with Gasteiger partial charge in [0.15, 0.2) is 0 Å². The fraction of sp³-hybridized carbons (Fsp3) is 0. The van der Waals surface area contributed by atoms with Crippen molar-refractivity contribution in [2.45, 2.75) is 0 Å². The van der Waals surface area contributed by atoms with Crippen LogP contribution >= 0.6 is 0 Å². The second-order valence-electron chi connectivity index (χ2n) is 2.20. The van der Waals surface area contributed by atoms with Gasteiger partial charge < -0.3 is 9.94 Å². The topological polar surface area (TPSA) is 28.0 Å². The third-order valence-corrected chi connectivity index (χ3v) is 1.56. The maximum Gasteiger partial charge on any atom is 1.00 e. The molecule has 0 fully saturated rings. The number of hydrogen-bond acceptors (Lipinski definition) is 1. The molecule has 0 saturated heterocycles. The maximum absolute atomic E-state index is 10.9. The van der Waals surface area contributed by atoms with E-state index >= 15 is 0 Å². The fourth-order valence-electron chi connectivity index (χ4n) is 1.06. The molecule has 0 unspecified atom stereocenters. The quantitative estimate of drug-likeness (QED) is 0.456. The Balaban J connectivity index is 0.000000605. The largest absolute Gasteiger partial charge is 1.00 e. The van der Waals surface area contributed by atoms with Crippen LogP contribution in [-0.4, -0.2) is 4.73 Å². The molecule has 2 nitrogen and oxygen atoms in total. The van der Waals surface area contributed by atoms with E-state index in [1.807, 2.05) is 30.3 Å². The van der Waals surface area contributed by atoms with Crippen molar-refractivity contribution in [2.24, 2.45) is 0 Å². The average Bonchev–Trinajstić information content (AvgIpc) is 2.34. The van der Waals surface area contributed by atoms with Crippen molar-refractivity contribution in [3.8, 4) is 0 Å². The Morgan fingerprint density at radius 2 is 1.92 bits per heavy atom. The van der Waals surface area contributed by atoms with Crippen molar-refractivity contribution in [2.75, 3.05) is 0 Å². The van der Waals surface area contributed by atoms with E-state index in [9.17, 15) is 5.21 Å². The van der Waals surface area contributed by atoms with Crippen molar-refractivity contribution >= 4 is 10.9 Å². The molecule has 0 aliphatic heterocycles. The molecule has 0 spiro atoms. The zero-order valence-corrected chi connectivity index (χ0v) is 17.2. The van der Waals surface area contributed by atoms with E-state index in [1.165, 1.54) is 6.20 Å². The molecule has 2 aromatic rings. The summed E-state index contributed by atoms with van der Waals surface area (Å²) in [6, 6.07) is 9.31. The Morgan fingerprint density at radius 3 is 2.58 bits per heavy atom. The van der Waals surface area contributed by atoms with Crippen LogP contribution in [0.5, 0.6) is 0 Å². The zero-order valence-electron chi connectivity index (χ0n) is 7.32. The Kier molecular flexibility index (Phi) is 7.81. The van der Waals surface area contributed by atoms with E-state index in [1.54, 1.807) is 0 Å². The normalized spacial score (nSPS) is 8.67. The molecular weight excluding hydrogens is 297 g/mol. The Bertz CT molecular complexity index is 359. The second kappa shape index (κ2) is 6.62. The van der Waals surface area contributed by atoms with Crippen molar-refractivity contribution in [1.29, 1.82) is 0 Å². The molecule has 2 rings (SSSR count). The van der Waals surface area contributed by atoms with Crippen LogP contribution in [0.2, 0.25) is 0 Å². The number of fused-ring (bicyclic) bond motifs is 1. The minimum atomic E-state index is 0. The first kappa shape index (κ1) is 14.2. The maximum atomic E-state index is 10.9. The van der Waals surface area contributed by atoms with Crippen molar-refractivity contribution in [3.05, 3.63) is 41.7 Å². The van der Waals surface area contributed by atoms with Crippen LogP contribution in [0.1, 0.15) is 0 Å². The van der Waals surface area contributed by atoms with E-state index < -0.39 is 0 Å². The number of nitrogens with zero attached hydrogens (tertiary/aromatic N) is 1. The first-order chi connectivity index (χ1) is 4.88. The molecule has 50 valence electrons. The smallest absolute Gasteiger partial charge is 0.805 e. The Labute approximate surface area is 169 Å². The Morgan fingerprint density at radius 1 is 1.25 bits per heavy atom. The van der Waals surface area contributed by atoms with Gasteiger partial charge in [0.05, 0.1) is 0 Å². The van der Waals surface area contributed by atoms with Crippen LogP contribution in [0, 0.1) is 5.21 Å². The molecule has 0 amide bonds. The summed E-state index contributed by atoms with van der Waals surface area (Å²) in [5, 5.41) is 11.9. The summed E-state index contributed by atoms with van der Waals surface area (Å²) in [6.07, 6.45) is 1.52. The summed E-state index contributed by atoms with van der Waals surface area (Å²) in [5.74, 6) is 0. The van der Waals surface area contributed by atoms with Crippen LogP contribution in [0.25, 0.3) is 10.9 Å². The predicted octanol–water partition coefficient (Wildman–Crippen LogP) is -4.00. The molecule has 0 bridgehead atoms. The molecule has 0 atom stereocenters. The summed E-state index contributed by atoms with van der Waals surface area (Å²) < 4.78 is 0.870. The molecule has 12 heavy (non-hydrogen) atoms.